The number of hydrogen-bond acceptors (Lipinski definition) is 3. The summed E-state index contributed by atoms with van der Waals surface area (Å²) in [6, 6.07) is 2.74. The van der Waals surface area contributed by atoms with E-state index in [1.807, 2.05) is 13.8 Å². The van der Waals surface area contributed by atoms with Crippen LogP contribution in [0.2, 0.25) is 0 Å². The van der Waals surface area contributed by atoms with Gasteiger partial charge in [0.25, 0.3) is 0 Å². The fourth-order valence-corrected chi connectivity index (χ4v) is 1.54. The van der Waals surface area contributed by atoms with E-state index >= 15 is 0 Å². The molecular weight excluding hydrogens is 200 g/mol. The van der Waals surface area contributed by atoms with Crippen LogP contribution in [0.1, 0.15) is 40.5 Å². The van der Waals surface area contributed by atoms with Gasteiger partial charge in [-0.15, -0.1) is 0 Å². The summed E-state index contributed by atoms with van der Waals surface area (Å²) in [5.41, 5.74) is -0.198. The van der Waals surface area contributed by atoms with Crippen LogP contribution in [0.4, 0.5) is 0 Å². The summed E-state index contributed by atoms with van der Waals surface area (Å²) in [7, 11) is 1.73. The molecule has 3 heteroatoms. The molecule has 0 heterocycles. The first-order valence-corrected chi connectivity index (χ1v) is 6.06. The van der Waals surface area contributed by atoms with Crippen LogP contribution in [0.5, 0.6) is 0 Å². The van der Waals surface area contributed by atoms with E-state index in [9.17, 15) is 0 Å². The zero-order valence-corrected chi connectivity index (χ0v) is 11.3. The van der Waals surface area contributed by atoms with Crippen molar-refractivity contribution in [1.82, 2.24) is 5.32 Å². The number of methoxy groups -OCH3 is 1. The first-order chi connectivity index (χ1) is 7.43. The number of nitrogens with zero attached hydrogens (tertiary/aromatic N) is 1. The lowest BCUT2D eigenvalue weighted by Crippen LogP contribution is -2.38. The Balaban J connectivity index is 3.75. The largest absolute Gasteiger partial charge is 0.383 e. The molecule has 0 aliphatic carbocycles. The van der Waals surface area contributed by atoms with Crippen LogP contribution < -0.4 is 5.32 Å². The molecule has 0 amide bonds. The molecule has 0 aromatic carbocycles. The van der Waals surface area contributed by atoms with E-state index in [-0.39, 0.29) is 5.41 Å². The lowest BCUT2D eigenvalue weighted by molar-refractivity contribution is 0.146. The van der Waals surface area contributed by atoms with E-state index in [4.69, 9.17) is 10.00 Å². The van der Waals surface area contributed by atoms with Crippen molar-refractivity contribution in [2.75, 3.05) is 20.3 Å². The van der Waals surface area contributed by atoms with Gasteiger partial charge in [-0.3, -0.25) is 0 Å². The van der Waals surface area contributed by atoms with Crippen molar-refractivity contribution in [3.63, 3.8) is 0 Å². The lowest BCUT2D eigenvalue weighted by atomic mass is 9.90. The minimum absolute atomic E-state index is 0.198. The van der Waals surface area contributed by atoms with E-state index in [1.54, 1.807) is 7.11 Å². The van der Waals surface area contributed by atoms with Gasteiger partial charge < -0.3 is 10.1 Å². The molecule has 0 aliphatic heterocycles. The van der Waals surface area contributed by atoms with Crippen LogP contribution in [0.15, 0.2) is 0 Å². The maximum atomic E-state index is 8.88. The number of nitrogens with one attached hydrogen (secondary N) is 1. The van der Waals surface area contributed by atoms with Gasteiger partial charge in [0.2, 0.25) is 0 Å². The first kappa shape index (κ1) is 15.4. The third-order valence-electron chi connectivity index (χ3n) is 2.84. The molecule has 1 unspecified atom stereocenters. The molecule has 94 valence electrons. The van der Waals surface area contributed by atoms with Crippen LogP contribution >= 0.6 is 0 Å². The van der Waals surface area contributed by atoms with Gasteiger partial charge in [0.05, 0.1) is 18.1 Å². The van der Waals surface area contributed by atoms with E-state index in [2.05, 4.69) is 25.2 Å². The van der Waals surface area contributed by atoms with Crippen LogP contribution in [-0.2, 0) is 4.74 Å². The fraction of sp³-hybridized carbons (Fsp3) is 0.923. The summed E-state index contributed by atoms with van der Waals surface area (Å²) in [5.74, 6) is 0.573. The third kappa shape index (κ3) is 6.81. The summed E-state index contributed by atoms with van der Waals surface area (Å²) in [6.45, 7) is 10.1. The lowest BCUT2D eigenvalue weighted by Gasteiger charge is -2.22. The molecule has 16 heavy (non-hydrogen) atoms. The normalized spacial score (nSPS) is 13.8. The fourth-order valence-electron chi connectivity index (χ4n) is 1.54. The van der Waals surface area contributed by atoms with Gasteiger partial charge in [-0.25, -0.2) is 0 Å². The average Bonchev–Trinajstić information content (AvgIpc) is 2.22. The predicted octanol–water partition coefficient (Wildman–Crippen LogP) is 2.58. The van der Waals surface area contributed by atoms with E-state index in [0.29, 0.717) is 12.0 Å². The Morgan fingerprint density at radius 3 is 2.44 bits per heavy atom. The van der Waals surface area contributed by atoms with Crippen molar-refractivity contribution in [1.29, 1.82) is 5.26 Å². The molecule has 0 radical (unpaired) electrons. The van der Waals surface area contributed by atoms with Crippen LogP contribution in [0.25, 0.3) is 0 Å². The minimum Gasteiger partial charge on any atom is -0.383 e. The van der Waals surface area contributed by atoms with Gasteiger partial charge in [-0.1, -0.05) is 13.8 Å². The minimum atomic E-state index is -0.198. The Hall–Kier alpha value is -0.590. The molecule has 0 aliphatic rings. The summed E-state index contributed by atoms with van der Waals surface area (Å²) < 4.78 is 5.17. The number of ether oxygens (including phenoxy) is 1. The molecule has 0 rings (SSSR count). The SMILES string of the molecule is COCC(NCCCC(C)(C)C#N)C(C)C. The van der Waals surface area contributed by atoms with Crippen LogP contribution in [0, 0.1) is 22.7 Å². The highest BCUT2D eigenvalue weighted by Crippen LogP contribution is 2.20. The molecule has 0 spiro atoms. The monoisotopic (exact) mass is 226 g/mol. The zero-order chi connectivity index (χ0) is 12.6. The van der Waals surface area contributed by atoms with Crippen molar-refractivity contribution in [2.24, 2.45) is 11.3 Å². The van der Waals surface area contributed by atoms with Crippen molar-refractivity contribution < 1.29 is 4.74 Å². The molecule has 1 atom stereocenters. The second-order valence-electron chi connectivity index (χ2n) is 5.36. The van der Waals surface area contributed by atoms with Gasteiger partial charge in [0, 0.05) is 13.2 Å². The van der Waals surface area contributed by atoms with Gasteiger partial charge in [0.1, 0.15) is 0 Å². The Kier molecular flexibility index (Phi) is 7.36. The number of nitriles is 1. The Labute approximate surface area is 100 Å². The van der Waals surface area contributed by atoms with Crippen molar-refractivity contribution in [3.8, 4) is 6.07 Å². The van der Waals surface area contributed by atoms with Crippen molar-refractivity contribution in [3.05, 3.63) is 0 Å². The Bertz CT molecular complexity index is 218. The summed E-state index contributed by atoms with van der Waals surface area (Å²) >= 11 is 0. The van der Waals surface area contributed by atoms with Crippen LogP contribution in [0.3, 0.4) is 0 Å². The summed E-state index contributed by atoms with van der Waals surface area (Å²) in [5, 5.41) is 12.4. The highest BCUT2D eigenvalue weighted by molar-refractivity contribution is 4.91. The standard InChI is InChI=1S/C13H26N2O/c1-11(2)12(9-16-5)15-8-6-7-13(3,4)10-14/h11-12,15H,6-9H2,1-5H3. The Morgan fingerprint density at radius 2 is 2.00 bits per heavy atom. The Morgan fingerprint density at radius 1 is 1.38 bits per heavy atom. The smallest absolute Gasteiger partial charge is 0.0683 e. The number of hydrogen-bond donors (Lipinski definition) is 1. The average molecular weight is 226 g/mol. The van der Waals surface area contributed by atoms with Gasteiger partial charge in [0.15, 0.2) is 0 Å². The second kappa shape index (κ2) is 7.65. The van der Waals surface area contributed by atoms with E-state index in [1.165, 1.54) is 0 Å². The quantitative estimate of drug-likeness (QED) is 0.647. The molecule has 0 fully saturated rings. The third-order valence-corrected chi connectivity index (χ3v) is 2.84. The molecule has 3 nitrogen and oxygen atoms in total. The van der Waals surface area contributed by atoms with E-state index in [0.717, 1.165) is 26.0 Å². The maximum absolute atomic E-state index is 8.88. The highest BCUT2D eigenvalue weighted by Gasteiger charge is 2.16. The second-order valence-corrected chi connectivity index (χ2v) is 5.36. The zero-order valence-electron chi connectivity index (χ0n) is 11.3. The van der Waals surface area contributed by atoms with Gasteiger partial charge >= 0.3 is 0 Å². The van der Waals surface area contributed by atoms with Gasteiger partial charge in [-0.05, 0) is 39.2 Å². The molecule has 1 N–H and O–H groups in total. The molecule has 0 bridgehead atoms. The predicted molar refractivity (Wildman–Crippen MR) is 67.1 cm³/mol. The van der Waals surface area contributed by atoms with Gasteiger partial charge in [-0.2, -0.15) is 5.26 Å². The topological polar surface area (TPSA) is 45.0 Å². The molecule has 0 aromatic rings. The number of rotatable bonds is 8. The molecule has 0 saturated heterocycles. The summed E-state index contributed by atoms with van der Waals surface area (Å²) in [4.78, 5) is 0. The molecular formula is C13H26N2O. The highest BCUT2D eigenvalue weighted by atomic mass is 16.5. The first-order valence-electron chi connectivity index (χ1n) is 6.06. The molecule has 0 aromatic heterocycles. The van der Waals surface area contributed by atoms with Crippen LogP contribution in [-0.4, -0.2) is 26.3 Å². The maximum Gasteiger partial charge on any atom is 0.0683 e. The summed E-state index contributed by atoms with van der Waals surface area (Å²) in [6.07, 6.45) is 1.97. The van der Waals surface area contributed by atoms with Crippen molar-refractivity contribution >= 4 is 0 Å². The molecule has 0 saturated carbocycles. The van der Waals surface area contributed by atoms with E-state index < -0.39 is 0 Å². The van der Waals surface area contributed by atoms with Crippen molar-refractivity contribution in [2.45, 2.75) is 46.6 Å².